The van der Waals surface area contributed by atoms with Crippen LogP contribution in [0.15, 0.2) is 53.1 Å². The van der Waals surface area contributed by atoms with Crippen molar-refractivity contribution in [2.45, 2.75) is 58.9 Å². The SMILES string of the molecule is CCCc1nc(CC)c(C(=O)NC)n1Cc1ccc(-c2ccccc2C(OC)S(=O)(=O)Nc2onc(C)c2C)cc1. The number of carbonyl (C=O) groups excluding carboxylic acids is 1. The number of sulfonamides is 1. The number of anilines is 1. The number of ether oxygens (including phenoxy) is 1. The molecule has 11 heteroatoms. The largest absolute Gasteiger partial charge is 0.359 e. The Morgan fingerprint density at radius 2 is 1.80 bits per heavy atom. The number of imidazole rings is 1. The molecule has 1 unspecified atom stereocenters. The molecule has 1 atom stereocenters. The number of aryl methyl sites for hydroxylation is 3. The number of methoxy groups -OCH3 is 1. The highest BCUT2D eigenvalue weighted by Gasteiger charge is 2.31. The fourth-order valence-corrected chi connectivity index (χ4v) is 6.16. The molecule has 0 fully saturated rings. The zero-order valence-corrected chi connectivity index (χ0v) is 25.1. The molecule has 2 N–H and O–H groups in total. The average Bonchev–Trinajstić information content (AvgIpc) is 3.47. The normalized spacial score (nSPS) is 12.3. The summed E-state index contributed by atoms with van der Waals surface area (Å²) in [6, 6.07) is 15.1. The molecular formula is C30H37N5O5S. The Kier molecular flexibility index (Phi) is 9.29. The van der Waals surface area contributed by atoms with Gasteiger partial charge in [0.15, 0.2) is 0 Å². The van der Waals surface area contributed by atoms with Crippen molar-refractivity contribution in [2.75, 3.05) is 18.9 Å². The van der Waals surface area contributed by atoms with Crippen LogP contribution in [0.1, 0.15) is 70.1 Å². The maximum atomic E-state index is 13.4. The minimum absolute atomic E-state index is 0.0654. The maximum Gasteiger partial charge on any atom is 0.269 e. The van der Waals surface area contributed by atoms with Gasteiger partial charge in [-0.1, -0.05) is 67.5 Å². The van der Waals surface area contributed by atoms with Gasteiger partial charge in [-0.2, -0.15) is 0 Å². The lowest BCUT2D eigenvalue weighted by Crippen LogP contribution is -2.24. The van der Waals surface area contributed by atoms with Gasteiger partial charge in [0.05, 0.1) is 11.4 Å². The van der Waals surface area contributed by atoms with E-state index >= 15 is 0 Å². The summed E-state index contributed by atoms with van der Waals surface area (Å²) in [7, 11) is -1.06. The van der Waals surface area contributed by atoms with Crippen molar-refractivity contribution in [1.82, 2.24) is 20.0 Å². The van der Waals surface area contributed by atoms with Crippen LogP contribution < -0.4 is 10.0 Å². The highest BCUT2D eigenvalue weighted by molar-refractivity contribution is 7.92. The van der Waals surface area contributed by atoms with E-state index in [-0.39, 0.29) is 11.8 Å². The molecule has 0 aliphatic rings. The summed E-state index contributed by atoms with van der Waals surface area (Å²) in [6.45, 7) is 8.05. The summed E-state index contributed by atoms with van der Waals surface area (Å²) in [5.74, 6) is 0.796. The van der Waals surface area contributed by atoms with Crippen molar-refractivity contribution >= 4 is 21.8 Å². The van der Waals surface area contributed by atoms with Gasteiger partial charge in [0.25, 0.3) is 15.9 Å². The molecule has 4 aromatic rings. The molecule has 218 valence electrons. The van der Waals surface area contributed by atoms with Crippen LogP contribution in [-0.4, -0.2) is 43.2 Å². The van der Waals surface area contributed by atoms with Crippen molar-refractivity contribution in [3.8, 4) is 11.1 Å². The first-order valence-corrected chi connectivity index (χ1v) is 15.2. The summed E-state index contributed by atoms with van der Waals surface area (Å²) in [6.07, 6.45) is 2.34. The Hall–Kier alpha value is -3.96. The summed E-state index contributed by atoms with van der Waals surface area (Å²) in [5, 5.41) is 6.58. The van der Waals surface area contributed by atoms with Gasteiger partial charge in [-0.15, -0.1) is 0 Å². The zero-order valence-electron chi connectivity index (χ0n) is 24.3. The molecule has 0 aliphatic heterocycles. The lowest BCUT2D eigenvalue weighted by Gasteiger charge is -2.20. The molecular weight excluding hydrogens is 542 g/mol. The van der Waals surface area contributed by atoms with Gasteiger partial charge >= 0.3 is 0 Å². The molecule has 10 nitrogen and oxygen atoms in total. The predicted molar refractivity (Wildman–Crippen MR) is 158 cm³/mol. The molecule has 41 heavy (non-hydrogen) atoms. The van der Waals surface area contributed by atoms with Crippen molar-refractivity contribution in [1.29, 1.82) is 0 Å². The third kappa shape index (κ3) is 6.20. The van der Waals surface area contributed by atoms with E-state index in [9.17, 15) is 13.2 Å². The summed E-state index contributed by atoms with van der Waals surface area (Å²) < 4.78 is 42.0. The molecule has 0 radical (unpaired) electrons. The maximum absolute atomic E-state index is 13.4. The van der Waals surface area contributed by atoms with Crippen LogP contribution in [0.4, 0.5) is 5.88 Å². The van der Waals surface area contributed by atoms with Crippen LogP contribution >= 0.6 is 0 Å². The van der Waals surface area contributed by atoms with Crippen LogP contribution in [0.25, 0.3) is 11.1 Å². The molecule has 1 amide bonds. The third-order valence-corrected chi connectivity index (χ3v) is 8.56. The highest BCUT2D eigenvalue weighted by atomic mass is 32.2. The molecule has 4 rings (SSSR count). The van der Waals surface area contributed by atoms with E-state index in [4.69, 9.17) is 14.2 Å². The van der Waals surface area contributed by atoms with Crippen molar-refractivity contribution in [3.63, 3.8) is 0 Å². The fourth-order valence-electron chi connectivity index (χ4n) is 4.81. The summed E-state index contributed by atoms with van der Waals surface area (Å²) >= 11 is 0. The first kappa shape index (κ1) is 30.0. The van der Waals surface area contributed by atoms with Gasteiger partial charge in [0, 0.05) is 38.2 Å². The van der Waals surface area contributed by atoms with Crippen LogP contribution in [0.5, 0.6) is 0 Å². The van der Waals surface area contributed by atoms with E-state index in [1.54, 1.807) is 33.0 Å². The number of rotatable bonds is 12. The molecule has 0 aliphatic carbocycles. The third-order valence-electron chi connectivity index (χ3n) is 7.08. The minimum atomic E-state index is -4.05. The first-order chi connectivity index (χ1) is 19.6. The minimum Gasteiger partial charge on any atom is -0.359 e. The smallest absolute Gasteiger partial charge is 0.269 e. The first-order valence-electron chi connectivity index (χ1n) is 13.6. The number of hydrogen-bond acceptors (Lipinski definition) is 7. The number of nitrogens with one attached hydrogen (secondary N) is 2. The fraction of sp³-hybridized carbons (Fsp3) is 0.367. The summed E-state index contributed by atoms with van der Waals surface area (Å²) in [5.41, 5.74) is 4.30. The van der Waals surface area contributed by atoms with E-state index in [0.29, 0.717) is 35.5 Å². The molecule has 2 aromatic heterocycles. The number of carbonyl (C=O) groups is 1. The topological polar surface area (TPSA) is 128 Å². The predicted octanol–water partition coefficient (Wildman–Crippen LogP) is 5.16. The number of amides is 1. The van der Waals surface area contributed by atoms with E-state index in [2.05, 4.69) is 22.1 Å². The Bertz CT molecular complexity index is 1620. The van der Waals surface area contributed by atoms with Gasteiger partial charge in [0.1, 0.15) is 11.5 Å². The van der Waals surface area contributed by atoms with Gasteiger partial charge < -0.3 is 19.1 Å². The number of aromatic nitrogens is 3. The summed E-state index contributed by atoms with van der Waals surface area (Å²) in [4.78, 5) is 17.5. The zero-order chi connectivity index (χ0) is 29.7. The molecule has 0 saturated heterocycles. The Morgan fingerprint density at radius 1 is 1.10 bits per heavy atom. The van der Waals surface area contributed by atoms with Gasteiger partial charge in [-0.05, 0) is 43.4 Å². The second-order valence-electron chi connectivity index (χ2n) is 9.81. The Morgan fingerprint density at radius 3 is 2.39 bits per heavy atom. The van der Waals surface area contributed by atoms with E-state index in [1.807, 2.05) is 47.9 Å². The quantitative estimate of drug-likeness (QED) is 0.237. The van der Waals surface area contributed by atoms with E-state index in [1.165, 1.54) is 7.11 Å². The van der Waals surface area contributed by atoms with Gasteiger partial charge in [-0.25, -0.2) is 18.1 Å². The van der Waals surface area contributed by atoms with Crippen LogP contribution in [0.3, 0.4) is 0 Å². The van der Waals surface area contributed by atoms with E-state index in [0.717, 1.165) is 41.1 Å². The number of benzene rings is 2. The monoisotopic (exact) mass is 579 g/mol. The molecule has 0 bridgehead atoms. The highest BCUT2D eigenvalue weighted by Crippen LogP contribution is 2.34. The van der Waals surface area contributed by atoms with Gasteiger partial charge in [0.2, 0.25) is 11.3 Å². The lowest BCUT2D eigenvalue weighted by molar-refractivity contribution is 0.0953. The van der Waals surface area contributed by atoms with Crippen molar-refractivity contribution in [2.24, 2.45) is 0 Å². The second kappa shape index (κ2) is 12.7. The Balaban J connectivity index is 1.66. The number of hydrogen-bond donors (Lipinski definition) is 2. The molecule has 2 heterocycles. The number of nitrogens with zero attached hydrogens (tertiary/aromatic N) is 3. The lowest BCUT2D eigenvalue weighted by atomic mass is 9.99. The van der Waals surface area contributed by atoms with E-state index < -0.39 is 15.5 Å². The standard InChI is InChI=1S/C30H37N5O5S/c1-7-11-26-32-25(8-2)27(28(36)31-5)35(26)18-21-14-16-22(17-15-21)23-12-9-10-13-24(23)30(39-6)41(37,38)34-29-19(3)20(4)33-40-29/h9-10,12-17,30,34H,7-8,11,18H2,1-6H3,(H,31,36). The molecule has 2 aromatic carbocycles. The van der Waals surface area contributed by atoms with Crippen molar-refractivity contribution in [3.05, 3.63) is 88.1 Å². The van der Waals surface area contributed by atoms with Crippen molar-refractivity contribution < 1.29 is 22.5 Å². The van der Waals surface area contributed by atoms with Crippen LogP contribution in [0.2, 0.25) is 0 Å². The molecule has 0 spiro atoms. The molecule has 0 saturated carbocycles. The van der Waals surface area contributed by atoms with Crippen LogP contribution in [-0.2, 0) is 34.1 Å². The van der Waals surface area contributed by atoms with Gasteiger partial charge in [-0.3, -0.25) is 4.79 Å². The average molecular weight is 580 g/mol. The Labute approximate surface area is 241 Å². The second-order valence-corrected chi connectivity index (χ2v) is 11.5. The van der Waals surface area contributed by atoms with Crippen LogP contribution in [0, 0.1) is 13.8 Å².